The van der Waals surface area contributed by atoms with Gasteiger partial charge in [0.25, 0.3) is 0 Å². The van der Waals surface area contributed by atoms with Gasteiger partial charge in [0.2, 0.25) is 10.0 Å². The zero-order chi connectivity index (χ0) is 14.3. The smallest absolute Gasteiger partial charge is 0.240 e. The lowest BCUT2D eigenvalue weighted by Gasteiger charge is -2.28. The van der Waals surface area contributed by atoms with E-state index in [4.69, 9.17) is 0 Å². The van der Waals surface area contributed by atoms with Crippen LogP contribution in [-0.4, -0.2) is 19.6 Å². The molecule has 4 nitrogen and oxygen atoms in total. The third-order valence-corrected chi connectivity index (χ3v) is 6.50. The van der Waals surface area contributed by atoms with Crippen molar-refractivity contribution in [2.45, 2.75) is 43.5 Å². The van der Waals surface area contributed by atoms with E-state index in [2.05, 4.69) is 4.72 Å². The molecule has 2 bridgehead atoms. The Labute approximate surface area is 120 Å². The summed E-state index contributed by atoms with van der Waals surface area (Å²) in [4.78, 5) is 0.213. The van der Waals surface area contributed by atoms with Crippen LogP contribution in [0.25, 0.3) is 0 Å². The fourth-order valence-electron chi connectivity index (χ4n) is 3.93. The van der Waals surface area contributed by atoms with Crippen LogP contribution >= 0.6 is 0 Å². The summed E-state index contributed by atoms with van der Waals surface area (Å²) in [5.74, 6) is 2.05. The normalized spacial score (nSPS) is 30.6. The quantitative estimate of drug-likeness (QED) is 0.897. The van der Waals surface area contributed by atoms with Gasteiger partial charge in [-0.25, -0.2) is 13.1 Å². The second-order valence-corrected chi connectivity index (χ2v) is 7.96. The molecule has 4 atom stereocenters. The van der Waals surface area contributed by atoms with Crippen molar-refractivity contribution in [1.29, 1.82) is 0 Å². The van der Waals surface area contributed by atoms with Crippen molar-refractivity contribution in [2.24, 2.45) is 17.8 Å². The highest BCUT2D eigenvalue weighted by atomic mass is 32.2. The van der Waals surface area contributed by atoms with Gasteiger partial charge < -0.3 is 5.11 Å². The molecule has 2 aliphatic rings. The molecule has 1 aromatic carbocycles. The summed E-state index contributed by atoms with van der Waals surface area (Å²) in [5.41, 5.74) is 0. The zero-order valence-electron chi connectivity index (χ0n) is 11.6. The molecule has 2 aliphatic carbocycles. The van der Waals surface area contributed by atoms with Gasteiger partial charge in [0.05, 0.1) is 4.90 Å². The van der Waals surface area contributed by atoms with Crippen LogP contribution in [0.5, 0.6) is 5.75 Å². The van der Waals surface area contributed by atoms with Gasteiger partial charge in [-0.15, -0.1) is 0 Å². The monoisotopic (exact) mass is 295 g/mol. The maximum Gasteiger partial charge on any atom is 0.240 e. The molecule has 2 N–H and O–H groups in total. The summed E-state index contributed by atoms with van der Waals surface area (Å²) < 4.78 is 27.5. The van der Waals surface area contributed by atoms with E-state index in [-0.39, 0.29) is 16.7 Å². The second-order valence-electron chi connectivity index (χ2n) is 6.24. The Bertz CT molecular complexity index is 582. The van der Waals surface area contributed by atoms with Gasteiger partial charge in [0.1, 0.15) is 5.75 Å². The average molecular weight is 295 g/mol. The van der Waals surface area contributed by atoms with Crippen LogP contribution in [0.1, 0.15) is 32.6 Å². The van der Waals surface area contributed by atoms with Gasteiger partial charge in [-0.1, -0.05) is 6.42 Å². The van der Waals surface area contributed by atoms with Crippen molar-refractivity contribution in [3.05, 3.63) is 24.3 Å². The number of sulfonamides is 1. The van der Waals surface area contributed by atoms with Crippen LogP contribution in [0, 0.1) is 17.8 Å². The van der Waals surface area contributed by atoms with Crippen LogP contribution in [-0.2, 0) is 10.0 Å². The molecule has 5 heteroatoms. The van der Waals surface area contributed by atoms with Crippen molar-refractivity contribution in [3.8, 4) is 5.75 Å². The lowest BCUT2D eigenvalue weighted by molar-refractivity contribution is 0.280. The van der Waals surface area contributed by atoms with Crippen molar-refractivity contribution in [1.82, 2.24) is 4.72 Å². The second kappa shape index (κ2) is 5.04. The predicted octanol–water partition coefficient (Wildman–Crippen LogP) is 2.50. The Balaban J connectivity index is 1.71. The lowest BCUT2D eigenvalue weighted by atomic mass is 9.84. The molecule has 0 aliphatic heterocycles. The average Bonchev–Trinajstić information content (AvgIpc) is 3.01. The van der Waals surface area contributed by atoms with Crippen molar-refractivity contribution >= 4 is 10.0 Å². The third kappa shape index (κ3) is 2.56. The number of fused-ring (bicyclic) bond motifs is 2. The Morgan fingerprint density at radius 1 is 1.20 bits per heavy atom. The van der Waals surface area contributed by atoms with Gasteiger partial charge >= 0.3 is 0 Å². The zero-order valence-corrected chi connectivity index (χ0v) is 12.4. The van der Waals surface area contributed by atoms with Gasteiger partial charge in [-0.3, -0.25) is 0 Å². The van der Waals surface area contributed by atoms with E-state index in [1.165, 1.54) is 43.5 Å². The summed E-state index contributed by atoms with van der Waals surface area (Å²) in [6.07, 6.45) is 5.00. The van der Waals surface area contributed by atoms with Gasteiger partial charge in [0.15, 0.2) is 0 Å². The minimum absolute atomic E-state index is 0.0240. The highest BCUT2D eigenvalue weighted by molar-refractivity contribution is 7.89. The van der Waals surface area contributed by atoms with E-state index < -0.39 is 10.0 Å². The number of aromatic hydroxyl groups is 1. The minimum atomic E-state index is -3.49. The van der Waals surface area contributed by atoms with Crippen molar-refractivity contribution in [2.75, 3.05) is 0 Å². The van der Waals surface area contributed by atoms with Gasteiger partial charge in [-0.2, -0.15) is 0 Å². The predicted molar refractivity (Wildman–Crippen MR) is 76.8 cm³/mol. The lowest BCUT2D eigenvalue weighted by Crippen LogP contribution is -2.40. The molecular weight excluding hydrogens is 274 g/mol. The molecule has 2 fully saturated rings. The van der Waals surface area contributed by atoms with Crippen molar-refractivity contribution in [3.63, 3.8) is 0 Å². The Hall–Kier alpha value is -1.07. The summed E-state index contributed by atoms with van der Waals surface area (Å²) in [6, 6.07) is 5.65. The van der Waals surface area contributed by atoms with E-state index in [1.807, 2.05) is 6.92 Å². The van der Waals surface area contributed by atoms with Gasteiger partial charge in [0, 0.05) is 6.04 Å². The molecule has 0 heterocycles. The number of hydrogen-bond donors (Lipinski definition) is 2. The van der Waals surface area contributed by atoms with Crippen LogP contribution in [0.2, 0.25) is 0 Å². The largest absolute Gasteiger partial charge is 0.508 e. The fourth-order valence-corrected chi connectivity index (χ4v) is 5.23. The summed E-state index contributed by atoms with van der Waals surface area (Å²) in [5, 5.41) is 9.23. The van der Waals surface area contributed by atoms with Crippen LogP contribution in [0.3, 0.4) is 0 Å². The Morgan fingerprint density at radius 2 is 1.90 bits per heavy atom. The maximum atomic E-state index is 12.3. The molecule has 0 amide bonds. The van der Waals surface area contributed by atoms with Gasteiger partial charge in [-0.05, 0) is 68.2 Å². The number of rotatable bonds is 4. The standard InChI is InChI=1S/C15H21NO3S/c1-10(15-9-11-2-3-12(15)8-11)16-20(18,19)14-6-4-13(17)5-7-14/h4-7,10-12,15-17H,2-3,8-9H2,1H3. The first-order chi connectivity index (χ1) is 9.45. The molecule has 0 radical (unpaired) electrons. The fraction of sp³-hybridized carbons (Fsp3) is 0.600. The summed E-state index contributed by atoms with van der Waals surface area (Å²) in [7, 11) is -3.49. The molecule has 2 saturated carbocycles. The maximum absolute atomic E-state index is 12.3. The van der Waals surface area contributed by atoms with E-state index in [0.717, 1.165) is 12.3 Å². The molecule has 3 rings (SSSR count). The first-order valence-corrected chi connectivity index (χ1v) is 8.75. The van der Waals surface area contributed by atoms with E-state index >= 15 is 0 Å². The molecule has 1 aromatic rings. The number of hydrogen-bond acceptors (Lipinski definition) is 3. The first kappa shape index (κ1) is 13.9. The SMILES string of the molecule is CC(NS(=O)(=O)c1ccc(O)cc1)C1CC2CCC1C2. The molecule has 20 heavy (non-hydrogen) atoms. The summed E-state index contributed by atoms with van der Waals surface area (Å²) >= 11 is 0. The van der Waals surface area contributed by atoms with E-state index in [9.17, 15) is 13.5 Å². The number of phenols is 1. The van der Waals surface area contributed by atoms with Crippen LogP contribution in [0.15, 0.2) is 29.2 Å². The number of phenolic OH excluding ortho intramolecular Hbond substituents is 1. The molecule has 4 unspecified atom stereocenters. The highest BCUT2D eigenvalue weighted by Gasteiger charge is 2.42. The Kier molecular flexibility index (Phi) is 3.50. The van der Waals surface area contributed by atoms with Crippen LogP contribution < -0.4 is 4.72 Å². The first-order valence-electron chi connectivity index (χ1n) is 7.27. The third-order valence-electron chi connectivity index (χ3n) is 4.92. The molecule has 0 spiro atoms. The molecular formula is C15H21NO3S. The molecule has 0 saturated heterocycles. The number of nitrogens with one attached hydrogen (secondary N) is 1. The minimum Gasteiger partial charge on any atom is -0.508 e. The van der Waals surface area contributed by atoms with Crippen molar-refractivity contribution < 1.29 is 13.5 Å². The number of benzene rings is 1. The Morgan fingerprint density at radius 3 is 2.45 bits per heavy atom. The van der Waals surface area contributed by atoms with E-state index in [0.29, 0.717) is 11.8 Å². The molecule has 0 aromatic heterocycles. The highest BCUT2D eigenvalue weighted by Crippen LogP contribution is 2.49. The summed E-state index contributed by atoms with van der Waals surface area (Å²) in [6.45, 7) is 1.98. The topological polar surface area (TPSA) is 66.4 Å². The molecule has 110 valence electrons. The van der Waals surface area contributed by atoms with E-state index in [1.54, 1.807) is 0 Å². The van der Waals surface area contributed by atoms with Crippen LogP contribution in [0.4, 0.5) is 0 Å².